The molecule has 0 radical (unpaired) electrons. The second kappa shape index (κ2) is 6.71. The summed E-state index contributed by atoms with van der Waals surface area (Å²) in [5, 5.41) is 3.19. The molecule has 2 rings (SSSR count). The van der Waals surface area contributed by atoms with Crippen LogP contribution in [0.5, 0.6) is 0 Å². The van der Waals surface area contributed by atoms with Crippen LogP contribution in [-0.2, 0) is 0 Å². The van der Waals surface area contributed by atoms with Gasteiger partial charge in [0.2, 0.25) is 0 Å². The molecule has 0 aromatic heterocycles. The smallest absolute Gasteiger partial charge is 0.252 e. The number of nitrogens with zero attached hydrogens (tertiary/aromatic N) is 1. The van der Waals surface area contributed by atoms with Crippen molar-refractivity contribution in [2.75, 3.05) is 14.1 Å². The van der Waals surface area contributed by atoms with Crippen molar-refractivity contribution in [3.05, 3.63) is 35.9 Å². The highest BCUT2D eigenvalue weighted by Crippen LogP contribution is 2.27. The summed E-state index contributed by atoms with van der Waals surface area (Å²) in [6.45, 7) is 0. The second-order valence-corrected chi connectivity index (χ2v) is 5.65. The lowest BCUT2D eigenvalue weighted by Crippen LogP contribution is -2.49. The summed E-state index contributed by atoms with van der Waals surface area (Å²) in [5.74, 6) is 0.612. The molecule has 0 bridgehead atoms. The molecule has 1 amide bonds. The van der Waals surface area contributed by atoms with E-state index in [1.165, 1.54) is 32.1 Å². The summed E-state index contributed by atoms with van der Waals surface area (Å²) >= 11 is 0. The number of nitrogens with one attached hydrogen (secondary N) is 1. The SMILES string of the molecule is CN(C)C(NC(=O)c1ccccc1)C1CCCCC1. The van der Waals surface area contributed by atoms with Gasteiger partial charge in [-0.25, -0.2) is 0 Å². The Hall–Kier alpha value is -1.35. The standard InChI is InChI=1S/C16H24N2O/c1-18(2)15(13-9-5-3-6-10-13)17-16(19)14-11-7-4-8-12-14/h4,7-8,11-13,15H,3,5-6,9-10H2,1-2H3,(H,17,19). The Morgan fingerprint density at radius 3 is 2.37 bits per heavy atom. The summed E-state index contributed by atoms with van der Waals surface area (Å²) in [4.78, 5) is 14.4. The molecule has 1 aliphatic rings. The van der Waals surface area contributed by atoms with E-state index in [0.717, 1.165) is 5.56 Å². The molecule has 1 fully saturated rings. The molecule has 0 saturated heterocycles. The predicted molar refractivity (Wildman–Crippen MR) is 78.0 cm³/mol. The van der Waals surface area contributed by atoms with Gasteiger partial charge in [-0.05, 0) is 45.0 Å². The van der Waals surface area contributed by atoms with Gasteiger partial charge >= 0.3 is 0 Å². The number of carbonyl (C=O) groups is 1. The maximum absolute atomic E-state index is 12.3. The fourth-order valence-corrected chi connectivity index (χ4v) is 2.93. The minimum Gasteiger partial charge on any atom is -0.336 e. The lowest BCUT2D eigenvalue weighted by atomic mass is 9.86. The highest BCUT2D eigenvalue weighted by molar-refractivity contribution is 5.94. The molecule has 1 aromatic carbocycles. The fraction of sp³-hybridized carbons (Fsp3) is 0.562. The van der Waals surface area contributed by atoms with E-state index < -0.39 is 0 Å². The number of carbonyl (C=O) groups excluding carboxylic acids is 1. The molecule has 3 nitrogen and oxygen atoms in total. The van der Waals surface area contributed by atoms with Crippen LogP contribution in [0.2, 0.25) is 0 Å². The summed E-state index contributed by atoms with van der Waals surface area (Å²) in [6, 6.07) is 9.47. The first-order chi connectivity index (χ1) is 9.18. The maximum Gasteiger partial charge on any atom is 0.252 e. The highest BCUT2D eigenvalue weighted by Gasteiger charge is 2.26. The van der Waals surface area contributed by atoms with Crippen molar-refractivity contribution in [2.24, 2.45) is 5.92 Å². The van der Waals surface area contributed by atoms with Crippen LogP contribution in [0, 0.1) is 5.92 Å². The first-order valence-electron chi connectivity index (χ1n) is 7.21. The molecule has 0 spiro atoms. The number of rotatable bonds is 4. The van der Waals surface area contributed by atoms with Crippen LogP contribution in [0.4, 0.5) is 0 Å². The Morgan fingerprint density at radius 1 is 1.16 bits per heavy atom. The zero-order valence-corrected chi connectivity index (χ0v) is 11.9. The quantitative estimate of drug-likeness (QED) is 0.844. The minimum atomic E-state index is 0.0323. The van der Waals surface area contributed by atoms with E-state index in [2.05, 4.69) is 10.2 Å². The van der Waals surface area contributed by atoms with Crippen molar-refractivity contribution in [2.45, 2.75) is 38.3 Å². The molecular weight excluding hydrogens is 236 g/mol. The van der Waals surface area contributed by atoms with Crippen LogP contribution in [-0.4, -0.2) is 31.1 Å². The van der Waals surface area contributed by atoms with Crippen molar-refractivity contribution in [3.63, 3.8) is 0 Å². The fourth-order valence-electron chi connectivity index (χ4n) is 2.93. The van der Waals surface area contributed by atoms with Crippen molar-refractivity contribution in [3.8, 4) is 0 Å². The van der Waals surface area contributed by atoms with Crippen LogP contribution in [0.25, 0.3) is 0 Å². The van der Waals surface area contributed by atoms with E-state index in [9.17, 15) is 4.79 Å². The predicted octanol–water partition coefficient (Wildman–Crippen LogP) is 2.88. The normalized spacial score (nSPS) is 18.3. The topological polar surface area (TPSA) is 32.3 Å². The van der Waals surface area contributed by atoms with Crippen molar-refractivity contribution < 1.29 is 4.79 Å². The average Bonchev–Trinajstić information content (AvgIpc) is 2.46. The molecule has 19 heavy (non-hydrogen) atoms. The van der Waals surface area contributed by atoms with E-state index in [-0.39, 0.29) is 12.1 Å². The van der Waals surface area contributed by atoms with Gasteiger partial charge in [0.05, 0.1) is 6.17 Å². The van der Waals surface area contributed by atoms with E-state index in [4.69, 9.17) is 0 Å². The van der Waals surface area contributed by atoms with Crippen molar-refractivity contribution >= 4 is 5.91 Å². The molecule has 1 aliphatic carbocycles. The number of hydrogen-bond acceptors (Lipinski definition) is 2. The largest absolute Gasteiger partial charge is 0.336 e. The molecule has 0 heterocycles. The van der Waals surface area contributed by atoms with E-state index in [1.807, 2.05) is 44.4 Å². The van der Waals surface area contributed by atoms with Gasteiger partial charge < -0.3 is 5.32 Å². The number of hydrogen-bond donors (Lipinski definition) is 1. The van der Waals surface area contributed by atoms with Crippen LogP contribution in [0.3, 0.4) is 0 Å². The first kappa shape index (κ1) is 14.1. The molecule has 1 atom stereocenters. The first-order valence-corrected chi connectivity index (χ1v) is 7.21. The van der Waals surface area contributed by atoms with Crippen molar-refractivity contribution in [1.29, 1.82) is 0 Å². The molecule has 3 heteroatoms. The van der Waals surface area contributed by atoms with Gasteiger partial charge in [0, 0.05) is 5.56 Å². The molecule has 1 unspecified atom stereocenters. The van der Waals surface area contributed by atoms with E-state index in [1.54, 1.807) is 0 Å². The van der Waals surface area contributed by atoms with Crippen LogP contribution in [0.15, 0.2) is 30.3 Å². The molecule has 1 saturated carbocycles. The summed E-state index contributed by atoms with van der Waals surface area (Å²) < 4.78 is 0. The Bertz CT molecular complexity index is 396. The third kappa shape index (κ3) is 3.80. The van der Waals surface area contributed by atoms with E-state index >= 15 is 0 Å². The number of amides is 1. The van der Waals surface area contributed by atoms with Crippen LogP contribution in [0.1, 0.15) is 42.5 Å². The molecular formula is C16H24N2O. The van der Waals surface area contributed by atoms with E-state index in [0.29, 0.717) is 5.92 Å². The van der Waals surface area contributed by atoms with Gasteiger partial charge in [0.1, 0.15) is 0 Å². The van der Waals surface area contributed by atoms with Gasteiger partial charge in [0.25, 0.3) is 5.91 Å². The monoisotopic (exact) mass is 260 g/mol. The van der Waals surface area contributed by atoms with Crippen LogP contribution >= 0.6 is 0 Å². The second-order valence-electron chi connectivity index (χ2n) is 5.65. The molecule has 1 aromatic rings. The lowest BCUT2D eigenvalue weighted by molar-refractivity contribution is 0.0798. The Labute approximate surface area is 116 Å². The summed E-state index contributed by atoms with van der Waals surface area (Å²) in [6.07, 6.45) is 6.50. The summed E-state index contributed by atoms with van der Waals surface area (Å²) in [5.41, 5.74) is 0.741. The molecule has 104 valence electrons. The summed E-state index contributed by atoms with van der Waals surface area (Å²) in [7, 11) is 4.09. The third-order valence-electron chi connectivity index (χ3n) is 3.97. The Kier molecular flexibility index (Phi) is 4.97. The van der Waals surface area contributed by atoms with Crippen molar-refractivity contribution in [1.82, 2.24) is 10.2 Å². The molecule has 1 N–H and O–H groups in total. The number of benzene rings is 1. The van der Waals surface area contributed by atoms with Crippen LogP contribution < -0.4 is 5.32 Å². The third-order valence-corrected chi connectivity index (χ3v) is 3.97. The Morgan fingerprint density at radius 2 is 1.79 bits per heavy atom. The highest BCUT2D eigenvalue weighted by atomic mass is 16.1. The van der Waals surface area contributed by atoms with Gasteiger partial charge in [-0.3, -0.25) is 9.69 Å². The minimum absolute atomic E-state index is 0.0323. The van der Waals surface area contributed by atoms with Gasteiger partial charge in [-0.1, -0.05) is 37.5 Å². The van der Waals surface area contributed by atoms with Gasteiger partial charge in [-0.15, -0.1) is 0 Å². The maximum atomic E-state index is 12.3. The lowest BCUT2D eigenvalue weighted by Gasteiger charge is -2.35. The van der Waals surface area contributed by atoms with Gasteiger partial charge in [-0.2, -0.15) is 0 Å². The zero-order chi connectivity index (χ0) is 13.7. The molecule has 0 aliphatic heterocycles. The zero-order valence-electron chi connectivity index (χ0n) is 11.9. The Balaban J connectivity index is 2.02. The average molecular weight is 260 g/mol. The van der Waals surface area contributed by atoms with Gasteiger partial charge in [0.15, 0.2) is 0 Å².